The molecule has 0 aliphatic carbocycles. The molecule has 4 nitrogen and oxygen atoms in total. The van der Waals surface area contributed by atoms with E-state index in [-0.39, 0.29) is 5.88 Å². The van der Waals surface area contributed by atoms with E-state index < -0.39 is 6.10 Å². The molecule has 0 aromatic heterocycles. The quantitative estimate of drug-likeness (QED) is 0.611. The third kappa shape index (κ3) is 3.49. The van der Waals surface area contributed by atoms with Crippen molar-refractivity contribution in [2.45, 2.75) is 12.6 Å². The smallest absolute Gasteiger partial charge is 0.0847 e. The van der Waals surface area contributed by atoms with Gasteiger partial charge in [0.1, 0.15) is 0 Å². The van der Waals surface area contributed by atoms with Crippen LogP contribution in [0.25, 0.3) is 0 Å². The molecule has 5 heteroatoms. The normalized spacial score (nSPS) is 16.6. The van der Waals surface area contributed by atoms with Crippen LogP contribution in [0.15, 0.2) is 18.2 Å². The van der Waals surface area contributed by atoms with Crippen molar-refractivity contribution >= 4 is 23.0 Å². The van der Waals surface area contributed by atoms with Gasteiger partial charge < -0.3 is 21.1 Å². The summed E-state index contributed by atoms with van der Waals surface area (Å²) in [6.45, 7) is 3.27. The second-order valence-corrected chi connectivity index (χ2v) is 4.47. The number of anilines is 2. The average Bonchev–Trinajstić information content (AvgIpc) is 2.60. The fraction of sp³-hybridized carbons (Fsp3) is 0.500. The molecule has 1 aliphatic rings. The summed E-state index contributed by atoms with van der Waals surface area (Å²) in [6, 6.07) is 6.18. The Hall–Kier alpha value is -0.970. The Morgan fingerprint density at radius 2 is 2.29 bits per heavy atom. The number of aliphatic hydroxyl groups excluding tert-OH is 1. The highest BCUT2D eigenvalue weighted by atomic mass is 35.5. The van der Waals surface area contributed by atoms with E-state index in [9.17, 15) is 5.11 Å². The van der Waals surface area contributed by atoms with Crippen LogP contribution in [-0.4, -0.2) is 36.7 Å². The lowest BCUT2D eigenvalue weighted by Crippen LogP contribution is -2.20. The van der Waals surface area contributed by atoms with Crippen LogP contribution >= 0.6 is 11.6 Å². The first-order valence-corrected chi connectivity index (χ1v) is 6.38. The van der Waals surface area contributed by atoms with E-state index in [0.717, 1.165) is 25.3 Å². The zero-order valence-corrected chi connectivity index (χ0v) is 10.4. The van der Waals surface area contributed by atoms with Crippen molar-refractivity contribution in [1.29, 1.82) is 0 Å². The lowest BCUT2D eigenvalue weighted by Gasteiger charge is -2.13. The Kier molecular flexibility index (Phi) is 4.48. The van der Waals surface area contributed by atoms with Gasteiger partial charge in [0.2, 0.25) is 0 Å². The first-order chi connectivity index (χ1) is 8.29. The molecule has 0 fully saturated rings. The van der Waals surface area contributed by atoms with Crippen molar-refractivity contribution in [3.8, 4) is 0 Å². The van der Waals surface area contributed by atoms with E-state index in [1.54, 1.807) is 0 Å². The third-order valence-corrected chi connectivity index (χ3v) is 3.11. The highest BCUT2D eigenvalue weighted by Gasteiger charge is 2.08. The minimum absolute atomic E-state index is 0.251. The standard InChI is InChI=1S/C12H18ClN3O/c13-6-11(17)8-16-10-1-2-12-9(5-10)7-14-3-4-15-12/h1-2,5,11,14-17H,3-4,6-8H2. The number of alkyl halides is 1. The van der Waals surface area contributed by atoms with E-state index >= 15 is 0 Å². The molecule has 17 heavy (non-hydrogen) atoms. The van der Waals surface area contributed by atoms with Crippen LogP contribution < -0.4 is 16.0 Å². The SMILES string of the molecule is OC(CCl)CNc1ccc2c(c1)CNCCN2. The maximum atomic E-state index is 9.38. The molecule has 0 saturated carbocycles. The van der Waals surface area contributed by atoms with Gasteiger partial charge in [-0.15, -0.1) is 11.6 Å². The van der Waals surface area contributed by atoms with Gasteiger partial charge in [0.15, 0.2) is 0 Å². The van der Waals surface area contributed by atoms with Crippen LogP contribution in [0.5, 0.6) is 0 Å². The highest BCUT2D eigenvalue weighted by molar-refractivity contribution is 6.18. The van der Waals surface area contributed by atoms with Crippen LogP contribution in [0.3, 0.4) is 0 Å². The molecular formula is C12H18ClN3O. The second-order valence-electron chi connectivity index (χ2n) is 4.16. The maximum absolute atomic E-state index is 9.38. The summed E-state index contributed by atoms with van der Waals surface area (Å²) in [7, 11) is 0. The summed E-state index contributed by atoms with van der Waals surface area (Å²) in [5, 5.41) is 19.3. The number of nitrogens with one attached hydrogen (secondary N) is 3. The number of hydrogen-bond acceptors (Lipinski definition) is 4. The van der Waals surface area contributed by atoms with Crippen LogP contribution in [0.4, 0.5) is 11.4 Å². The largest absolute Gasteiger partial charge is 0.390 e. The molecule has 0 bridgehead atoms. The Balaban J connectivity index is 2.02. The van der Waals surface area contributed by atoms with E-state index in [0.29, 0.717) is 6.54 Å². The van der Waals surface area contributed by atoms with Gasteiger partial charge in [0.05, 0.1) is 12.0 Å². The number of aliphatic hydroxyl groups is 1. The number of fused-ring (bicyclic) bond motifs is 1. The Morgan fingerprint density at radius 1 is 1.41 bits per heavy atom. The van der Waals surface area contributed by atoms with Crippen molar-refractivity contribution in [2.75, 3.05) is 36.1 Å². The van der Waals surface area contributed by atoms with Gasteiger partial charge in [-0.1, -0.05) is 0 Å². The predicted molar refractivity (Wildman–Crippen MR) is 71.9 cm³/mol. The molecule has 1 heterocycles. The van der Waals surface area contributed by atoms with Crippen molar-refractivity contribution in [3.05, 3.63) is 23.8 Å². The molecule has 1 aliphatic heterocycles. The average molecular weight is 256 g/mol. The topological polar surface area (TPSA) is 56.3 Å². The molecule has 94 valence electrons. The maximum Gasteiger partial charge on any atom is 0.0847 e. The number of benzene rings is 1. The summed E-state index contributed by atoms with van der Waals surface area (Å²) in [5.74, 6) is 0.251. The fourth-order valence-electron chi connectivity index (χ4n) is 1.82. The molecule has 1 atom stereocenters. The zero-order chi connectivity index (χ0) is 12.1. The number of rotatable bonds is 4. The number of hydrogen-bond donors (Lipinski definition) is 4. The van der Waals surface area contributed by atoms with Gasteiger partial charge in [0, 0.05) is 37.6 Å². The molecular weight excluding hydrogens is 238 g/mol. The summed E-state index contributed by atoms with van der Waals surface area (Å²) < 4.78 is 0. The van der Waals surface area contributed by atoms with Gasteiger partial charge in [-0.2, -0.15) is 0 Å². The molecule has 1 aromatic carbocycles. The van der Waals surface area contributed by atoms with Crippen LogP contribution in [0.2, 0.25) is 0 Å². The van der Waals surface area contributed by atoms with Gasteiger partial charge in [-0.25, -0.2) is 0 Å². The third-order valence-electron chi connectivity index (χ3n) is 2.76. The highest BCUT2D eigenvalue weighted by Crippen LogP contribution is 2.21. The van der Waals surface area contributed by atoms with Crippen LogP contribution in [-0.2, 0) is 6.54 Å². The number of halogens is 1. The minimum atomic E-state index is -0.508. The van der Waals surface area contributed by atoms with Gasteiger partial charge in [0.25, 0.3) is 0 Å². The van der Waals surface area contributed by atoms with E-state index in [1.165, 1.54) is 11.3 Å². The summed E-state index contributed by atoms with van der Waals surface area (Å²) in [5.41, 5.74) is 3.43. The van der Waals surface area contributed by atoms with Crippen LogP contribution in [0, 0.1) is 0 Å². The molecule has 1 unspecified atom stereocenters. The molecule has 1 aromatic rings. The first kappa shape index (κ1) is 12.5. The molecule has 0 amide bonds. The Bertz CT molecular complexity index is 373. The monoisotopic (exact) mass is 255 g/mol. The minimum Gasteiger partial charge on any atom is -0.390 e. The van der Waals surface area contributed by atoms with Crippen LogP contribution in [0.1, 0.15) is 5.56 Å². The molecule has 2 rings (SSSR count). The van der Waals surface area contributed by atoms with E-state index in [1.807, 2.05) is 6.07 Å². The molecule has 0 spiro atoms. The van der Waals surface area contributed by atoms with E-state index in [2.05, 4.69) is 28.1 Å². The van der Waals surface area contributed by atoms with Crippen molar-refractivity contribution < 1.29 is 5.11 Å². The lowest BCUT2D eigenvalue weighted by atomic mass is 10.1. The molecule has 0 radical (unpaired) electrons. The van der Waals surface area contributed by atoms with Crippen molar-refractivity contribution in [3.63, 3.8) is 0 Å². The first-order valence-electron chi connectivity index (χ1n) is 5.85. The summed E-state index contributed by atoms with van der Waals surface area (Å²) in [4.78, 5) is 0. The lowest BCUT2D eigenvalue weighted by molar-refractivity contribution is 0.211. The van der Waals surface area contributed by atoms with Crippen molar-refractivity contribution in [1.82, 2.24) is 5.32 Å². The van der Waals surface area contributed by atoms with E-state index in [4.69, 9.17) is 11.6 Å². The van der Waals surface area contributed by atoms with Gasteiger partial charge in [-0.05, 0) is 23.8 Å². The Labute approximate surface area is 106 Å². The van der Waals surface area contributed by atoms with Crippen molar-refractivity contribution in [2.24, 2.45) is 0 Å². The zero-order valence-electron chi connectivity index (χ0n) is 9.67. The summed E-state index contributed by atoms with van der Waals surface area (Å²) >= 11 is 5.55. The Morgan fingerprint density at radius 3 is 3.12 bits per heavy atom. The predicted octanol–water partition coefficient (Wildman–Crippen LogP) is 1.21. The second kappa shape index (κ2) is 6.10. The summed E-state index contributed by atoms with van der Waals surface area (Å²) in [6.07, 6.45) is -0.508. The molecule has 0 saturated heterocycles. The fourth-order valence-corrected chi connectivity index (χ4v) is 1.93. The molecule has 4 N–H and O–H groups in total. The van der Waals surface area contributed by atoms with Gasteiger partial charge >= 0.3 is 0 Å². The van der Waals surface area contributed by atoms with Gasteiger partial charge in [-0.3, -0.25) is 0 Å².